The summed E-state index contributed by atoms with van der Waals surface area (Å²) in [5.41, 5.74) is -0.208. The van der Waals surface area contributed by atoms with Gasteiger partial charge in [-0.2, -0.15) is 13.2 Å². The molecule has 3 saturated heterocycles. The van der Waals surface area contributed by atoms with Crippen LogP contribution in [0.4, 0.5) is 23.9 Å². The summed E-state index contributed by atoms with van der Waals surface area (Å²) in [7, 11) is 0. The lowest BCUT2D eigenvalue weighted by Gasteiger charge is -2.41. The molecule has 3 fully saturated rings. The first kappa shape index (κ1) is 23.0. The zero-order chi connectivity index (χ0) is 22.5. The summed E-state index contributed by atoms with van der Waals surface area (Å²) in [5, 5.41) is 10.5. The van der Waals surface area contributed by atoms with E-state index in [1.807, 2.05) is 9.80 Å². The third kappa shape index (κ3) is 6.18. The molecule has 9 nitrogen and oxygen atoms in total. The molecule has 4 heterocycles. The number of likely N-dealkylation sites (tertiary alicyclic amines) is 2. The first-order valence-corrected chi connectivity index (χ1v) is 10.2. The lowest BCUT2D eigenvalue weighted by molar-refractivity contribution is -0.192. The maximum atomic E-state index is 12.7. The van der Waals surface area contributed by atoms with Gasteiger partial charge in [-0.3, -0.25) is 0 Å². The predicted octanol–water partition coefficient (Wildman–Crippen LogP) is 2.36. The number of amides is 2. The van der Waals surface area contributed by atoms with E-state index in [1.54, 1.807) is 18.5 Å². The van der Waals surface area contributed by atoms with E-state index in [9.17, 15) is 18.0 Å². The number of carboxylic acid groups (broad SMARTS) is 1. The van der Waals surface area contributed by atoms with Crippen LogP contribution in [0.1, 0.15) is 32.1 Å². The summed E-state index contributed by atoms with van der Waals surface area (Å²) in [4.78, 5) is 34.0. The molecule has 0 aliphatic carbocycles. The van der Waals surface area contributed by atoms with Crippen LogP contribution in [-0.2, 0) is 9.53 Å². The molecule has 1 spiro atoms. The molecule has 12 heteroatoms. The maximum absolute atomic E-state index is 12.7. The second kappa shape index (κ2) is 9.67. The minimum Gasteiger partial charge on any atom is -0.475 e. The Bertz CT molecular complexity index is 761. The maximum Gasteiger partial charge on any atom is 0.490 e. The van der Waals surface area contributed by atoms with Crippen molar-refractivity contribution in [3.8, 4) is 0 Å². The molecule has 0 radical (unpaired) electrons. The largest absolute Gasteiger partial charge is 0.490 e. The van der Waals surface area contributed by atoms with E-state index in [2.05, 4.69) is 15.3 Å². The molecular formula is C19H26F3N5O4. The van der Waals surface area contributed by atoms with Crippen molar-refractivity contribution in [2.75, 3.05) is 38.1 Å². The summed E-state index contributed by atoms with van der Waals surface area (Å²) < 4.78 is 37.9. The number of anilines is 1. The summed E-state index contributed by atoms with van der Waals surface area (Å²) in [6.45, 7) is 4.00. The number of aliphatic carboxylic acids is 1. The Labute approximate surface area is 177 Å². The van der Waals surface area contributed by atoms with E-state index in [-0.39, 0.29) is 17.7 Å². The normalized spacial score (nSPS) is 25.8. The molecule has 2 atom stereocenters. The number of urea groups is 1. The molecule has 0 aromatic carbocycles. The zero-order valence-electron chi connectivity index (χ0n) is 17.0. The first-order valence-electron chi connectivity index (χ1n) is 10.2. The van der Waals surface area contributed by atoms with Gasteiger partial charge in [-0.25, -0.2) is 19.6 Å². The topological polar surface area (TPSA) is 108 Å². The van der Waals surface area contributed by atoms with E-state index in [1.165, 1.54) is 0 Å². The van der Waals surface area contributed by atoms with Gasteiger partial charge in [0.1, 0.15) is 0 Å². The van der Waals surface area contributed by atoms with Gasteiger partial charge in [-0.15, -0.1) is 0 Å². The second-order valence-electron chi connectivity index (χ2n) is 7.92. The molecule has 3 aliphatic heterocycles. The molecule has 1 aromatic heterocycles. The van der Waals surface area contributed by atoms with Crippen LogP contribution in [-0.4, -0.2) is 87.5 Å². The van der Waals surface area contributed by atoms with Crippen molar-refractivity contribution in [2.45, 2.75) is 49.9 Å². The number of carboxylic acids is 1. The average Bonchev–Trinajstić information content (AvgIpc) is 3.39. The summed E-state index contributed by atoms with van der Waals surface area (Å²) in [5.74, 6) is -2.11. The van der Waals surface area contributed by atoms with Crippen molar-refractivity contribution in [1.29, 1.82) is 0 Å². The average molecular weight is 445 g/mol. The fourth-order valence-corrected chi connectivity index (χ4v) is 4.15. The number of halogens is 3. The van der Waals surface area contributed by atoms with Gasteiger partial charge in [0.15, 0.2) is 0 Å². The summed E-state index contributed by atoms with van der Waals surface area (Å²) >= 11 is 0. The second-order valence-corrected chi connectivity index (χ2v) is 7.92. The Balaban J connectivity index is 0.000000339. The van der Waals surface area contributed by atoms with Crippen LogP contribution >= 0.6 is 0 Å². The lowest BCUT2D eigenvalue weighted by Crippen LogP contribution is -2.53. The van der Waals surface area contributed by atoms with E-state index in [4.69, 9.17) is 14.6 Å². The van der Waals surface area contributed by atoms with Crippen LogP contribution < -0.4 is 5.32 Å². The minimum atomic E-state index is -5.08. The van der Waals surface area contributed by atoms with Crippen LogP contribution in [0.2, 0.25) is 0 Å². The van der Waals surface area contributed by atoms with Crippen molar-refractivity contribution in [2.24, 2.45) is 0 Å². The van der Waals surface area contributed by atoms with Crippen LogP contribution in [0, 0.1) is 0 Å². The Kier molecular flexibility index (Phi) is 7.19. The van der Waals surface area contributed by atoms with E-state index >= 15 is 0 Å². The van der Waals surface area contributed by atoms with Crippen molar-refractivity contribution in [1.82, 2.24) is 19.8 Å². The number of alkyl halides is 3. The van der Waals surface area contributed by atoms with Gasteiger partial charge in [0.05, 0.1) is 24.8 Å². The van der Waals surface area contributed by atoms with Crippen molar-refractivity contribution in [3.05, 3.63) is 18.5 Å². The summed E-state index contributed by atoms with van der Waals surface area (Å²) in [6, 6.07) is 2.20. The number of nitrogens with zero attached hydrogens (tertiary/aromatic N) is 4. The van der Waals surface area contributed by atoms with Crippen molar-refractivity contribution < 1.29 is 32.6 Å². The standard InChI is InChI=1S/C17H25N5O2.C2HF3O2/c23-16(21-8-1-2-9-21)22-10-3-5-17(13-22)11-14(12-24-17)20-15-18-6-4-7-19-15;3-2(4,5)1(6)7/h4,6-7,14H,1-3,5,8-13H2,(H,18,19,20);(H,6,7). The Hall–Kier alpha value is -2.63. The van der Waals surface area contributed by atoms with Gasteiger partial charge >= 0.3 is 18.2 Å². The molecule has 0 bridgehead atoms. The van der Waals surface area contributed by atoms with E-state index in [0.29, 0.717) is 19.1 Å². The quantitative estimate of drug-likeness (QED) is 0.720. The molecule has 2 amide bonds. The monoisotopic (exact) mass is 445 g/mol. The van der Waals surface area contributed by atoms with Gasteiger partial charge in [0.2, 0.25) is 5.95 Å². The van der Waals surface area contributed by atoms with Gasteiger partial charge in [-0.1, -0.05) is 0 Å². The highest BCUT2D eigenvalue weighted by Gasteiger charge is 2.45. The van der Waals surface area contributed by atoms with Crippen molar-refractivity contribution in [3.63, 3.8) is 0 Å². The third-order valence-electron chi connectivity index (χ3n) is 5.54. The number of hydrogen-bond acceptors (Lipinski definition) is 6. The summed E-state index contributed by atoms with van der Waals surface area (Å²) in [6.07, 6.45) is 3.57. The van der Waals surface area contributed by atoms with Gasteiger partial charge < -0.3 is 25.0 Å². The van der Waals surface area contributed by atoms with E-state index < -0.39 is 12.1 Å². The number of aromatic nitrogens is 2. The first-order chi connectivity index (χ1) is 14.7. The minimum absolute atomic E-state index is 0.193. The number of piperidine rings is 1. The van der Waals surface area contributed by atoms with Crippen LogP contribution in [0.15, 0.2) is 18.5 Å². The van der Waals surface area contributed by atoms with Crippen LogP contribution in [0.25, 0.3) is 0 Å². The van der Waals surface area contributed by atoms with Crippen LogP contribution in [0.3, 0.4) is 0 Å². The van der Waals surface area contributed by atoms with Crippen LogP contribution in [0.5, 0.6) is 0 Å². The Morgan fingerprint density at radius 3 is 2.35 bits per heavy atom. The zero-order valence-corrected chi connectivity index (χ0v) is 17.0. The van der Waals surface area contributed by atoms with Gasteiger partial charge in [0, 0.05) is 38.4 Å². The van der Waals surface area contributed by atoms with Gasteiger partial charge in [-0.05, 0) is 31.7 Å². The highest BCUT2D eigenvalue weighted by Crippen LogP contribution is 2.36. The fourth-order valence-electron chi connectivity index (χ4n) is 4.15. The van der Waals surface area contributed by atoms with Crippen molar-refractivity contribution >= 4 is 17.9 Å². The SMILES string of the molecule is O=C(N1CCCC1)N1CCCC2(CC(Nc3ncccn3)CO2)C1.O=C(O)C(F)(F)F. The van der Waals surface area contributed by atoms with Gasteiger partial charge in [0.25, 0.3) is 0 Å². The number of carbonyl (C=O) groups excluding carboxylic acids is 1. The Morgan fingerprint density at radius 2 is 1.74 bits per heavy atom. The third-order valence-corrected chi connectivity index (χ3v) is 5.54. The smallest absolute Gasteiger partial charge is 0.475 e. The number of carbonyl (C=O) groups is 2. The lowest BCUT2D eigenvalue weighted by atomic mass is 9.89. The number of ether oxygens (including phenoxy) is 1. The molecule has 4 rings (SSSR count). The molecule has 3 aliphatic rings. The predicted molar refractivity (Wildman–Crippen MR) is 103 cm³/mol. The highest BCUT2D eigenvalue weighted by molar-refractivity contribution is 5.75. The fraction of sp³-hybridized carbons (Fsp3) is 0.684. The van der Waals surface area contributed by atoms with E-state index in [0.717, 1.165) is 51.7 Å². The molecule has 2 N–H and O–H groups in total. The Morgan fingerprint density at radius 1 is 1.13 bits per heavy atom. The molecule has 31 heavy (non-hydrogen) atoms. The molecule has 172 valence electrons. The molecule has 0 saturated carbocycles. The number of nitrogens with one attached hydrogen (secondary N) is 1. The molecule has 1 aromatic rings. The molecular weight excluding hydrogens is 419 g/mol. The number of hydrogen-bond donors (Lipinski definition) is 2. The highest BCUT2D eigenvalue weighted by atomic mass is 19.4. The number of rotatable bonds is 2. The molecule has 2 unspecified atom stereocenters.